The molecule has 0 radical (unpaired) electrons. The van der Waals surface area contributed by atoms with Crippen molar-refractivity contribution >= 4 is 23.3 Å². The van der Waals surface area contributed by atoms with Crippen LogP contribution < -0.4 is 5.32 Å². The van der Waals surface area contributed by atoms with E-state index >= 15 is 0 Å². The zero-order valence-corrected chi connectivity index (χ0v) is 16.7. The first-order valence-electron chi connectivity index (χ1n) is 9.44. The summed E-state index contributed by atoms with van der Waals surface area (Å²) < 4.78 is 20.1. The van der Waals surface area contributed by atoms with Crippen molar-refractivity contribution < 1.29 is 18.7 Å². The Hall–Kier alpha value is -4.14. The molecule has 1 atom stereocenters. The lowest BCUT2D eigenvalue weighted by Gasteiger charge is -2.17. The molecular formula is C22H18FN5O3. The molecule has 0 fully saturated rings. The monoisotopic (exact) mass is 419 g/mol. The molecule has 8 nitrogen and oxygen atoms in total. The van der Waals surface area contributed by atoms with Crippen LogP contribution in [-0.2, 0) is 9.53 Å². The molecule has 0 bridgehead atoms. The van der Waals surface area contributed by atoms with E-state index in [1.807, 2.05) is 13.8 Å². The van der Waals surface area contributed by atoms with Gasteiger partial charge in [0.05, 0.1) is 0 Å². The molecular weight excluding hydrogens is 401 g/mol. The van der Waals surface area contributed by atoms with Crippen LogP contribution >= 0.6 is 0 Å². The number of fused-ring (bicyclic) bond motifs is 1. The van der Waals surface area contributed by atoms with Crippen molar-refractivity contribution in [1.29, 1.82) is 0 Å². The van der Waals surface area contributed by atoms with E-state index in [0.717, 1.165) is 11.4 Å². The Kier molecular flexibility index (Phi) is 5.40. The number of carbonyl (C=O) groups excluding carboxylic acids is 2. The van der Waals surface area contributed by atoms with E-state index in [1.165, 1.54) is 28.8 Å². The Balaban J connectivity index is 1.61. The highest BCUT2D eigenvalue weighted by Gasteiger charge is 2.28. The van der Waals surface area contributed by atoms with Crippen LogP contribution in [0.15, 0.2) is 60.7 Å². The first kappa shape index (κ1) is 20.1. The third-order valence-electron chi connectivity index (χ3n) is 4.48. The average molecular weight is 419 g/mol. The van der Waals surface area contributed by atoms with Crippen molar-refractivity contribution in [2.24, 2.45) is 0 Å². The number of nitrogens with zero attached hydrogens (tertiary/aromatic N) is 4. The number of aryl methyl sites for hydroxylation is 2. The second-order valence-corrected chi connectivity index (χ2v) is 6.88. The smallest absolute Gasteiger partial charge is 0.379 e. The van der Waals surface area contributed by atoms with Gasteiger partial charge in [-0.25, -0.2) is 18.7 Å². The fourth-order valence-electron chi connectivity index (χ4n) is 3.05. The first-order chi connectivity index (χ1) is 14.9. The summed E-state index contributed by atoms with van der Waals surface area (Å²) in [4.78, 5) is 34.0. The molecule has 0 aliphatic rings. The van der Waals surface area contributed by atoms with Gasteiger partial charge in [0.15, 0.2) is 0 Å². The SMILES string of the molecule is Cc1cc(C)n2nc(C(=O)OC(C(=O)Nc3ccc(F)cc3)c3ccccc3)nc2n1. The molecule has 2 aromatic heterocycles. The summed E-state index contributed by atoms with van der Waals surface area (Å²) in [5.41, 5.74) is 2.31. The zero-order chi connectivity index (χ0) is 22.0. The van der Waals surface area contributed by atoms with Crippen LogP contribution in [0.4, 0.5) is 10.1 Å². The van der Waals surface area contributed by atoms with Crippen LogP contribution in [0.2, 0.25) is 0 Å². The molecule has 2 heterocycles. The topological polar surface area (TPSA) is 98.5 Å². The highest BCUT2D eigenvalue weighted by Crippen LogP contribution is 2.21. The normalized spacial score (nSPS) is 11.8. The van der Waals surface area contributed by atoms with Gasteiger partial charge >= 0.3 is 5.97 Å². The summed E-state index contributed by atoms with van der Waals surface area (Å²) in [5.74, 6) is -1.85. The predicted molar refractivity (Wildman–Crippen MR) is 110 cm³/mol. The van der Waals surface area contributed by atoms with E-state index in [-0.39, 0.29) is 11.6 Å². The van der Waals surface area contributed by atoms with Crippen molar-refractivity contribution in [2.75, 3.05) is 5.32 Å². The molecule has 1 unspecified atom stereocenters. The van der Waals surface area contributed by atoms with Gasteiger partial charge in [-0.2, -0.15) is 4.98 Å². The van der Waals surface area contributed by atoms with Crippen molar-refractivity contribution in [3.05, 3.63) is 89.3 Å². The van der Waals surface area contributed by atoms with Gasteiger partial charge in [-0.1, -0.05) is 30.3 Å². The second kappa shape index (κ2) is 8.31. The number of benzene rings is 2. The minimum Gasteiger partial charge on any atom is -0.441 e. The Morgan fingerprint density at radius 3 is 2.45 bits per heavy atom. The van der Waals surface area contributed by atoms with Gasteiger partial charge in [0, 0.05) is 22.6 Å². The van der Waals surface area contributed by atoms with E-state index in [9.17, 15) is 14.0 Å². The summed E-state index contributed by atoms with van der Waals surface area (Å²) in [6.45, 7) is 3.62. The van der Waals surface area contributed by atoms with Crippen molar-refractivity contribution in [1.82, 2.24) is 19.6 Å². The van der Waals surface area contributed by atoms with Crippen LogP contribution in [0.5, 0.6) is 0 Å². The quantitative estimate of drug-likeness (QED) is 0.498. The maximum Gasteiger partial charge on any atom is 0.379 e. The third-order valence-corrected chi connectivity index (χ3v) is 4.48. The molecule has 4 aromatic rings. The van der Waals surface area contributed by atoms with Crippen LogP contribution in [0.1, 0.15) is 33.7 Å². The molecule has 0 saturated carbocycles. The number of nitrogens with one attached hydrogen (secondary N) is 1. The van der Waals surface area contributed by atoms with Gasteiger partial charge in [-0.3, -0.25) is 4.79 Å². The summed E-state index contributed by atoms with van der Waals surface area (Å²) >= 11 is 0. The fraction of sp³-hybridized carbons (Fsp3) is 0.136. The molecule has 9 heteroatoms. The van der Waals surface area contributed by atoms with Crippen molar-refractivity contribution in [3.8, 4) is 0 Å². The largest absolute Gasteiger partial charge is 0.441 e. The van der Waals surface area contributed by atoms with Gasteiger partial charge < -0.3 is 10.1 Å². The number of hydrogen-bond acceptors (Lipinski definition) is 6. The van der Waals surface area contributed by atoms with E-state index in [4.69, 9.17) is 4.74 Å². The highest BCUT2D eigenvalue weighted by molar-refractivity contribution is 5.97. The molecule has 4 rings (SSSR count). The van der Waals surface area contributed by atoms with E-state index < -0.39 is 23.8 Å². The average Bonchev–Trinajstić information content (AvgIpc) is 3.18. The molecule has 0 saturated heterocycles. The number of aromatic nitrogens is 4. The molecule has 156 valence electrons. The van der Waals surface area contributed by atoms with Crippen LogP contribution in [0, 0.1) is 19.7 Å². The molecule has 31 heavy (non-hydrogen) atoms. The maximum atomic E-state index is 13.1. The number of halogens is 1. The summed E-state index contributed by atoms with van der Waals surface area (Å²) in [5, 5.41) is 6.77. The van der Waals surface area contributed by atoms with E-state index in [0.29, 0.717) is 11.3 Å². The Morgan fingerprint density at radius 1 is 1.03 bits per heavy atom. The predicted octanol–water partition coefficient (Wildman–Crippen LogP) is 3.42. The highest BCUT2D eigenvalue weighted by atomic mass is 19.1. The van der Waals surface area contributed by atoms with Gasteiger partial charge in [0.2, 0.25) is 6.10 Å². The minimum atomic E-state index is -1.26. The van der Waals surface area contributed by atoms with Crippen LogP contribution in [-0.4, -0.2) is 31.5 Å². The van der Waals surface area contributed by atoms with Crippen LogP contribution in [0.3, 0.4) is 0 Å². The Bertz CT molecular complexity index is 1260. The number of esters is 1. The summed E-state index contributed by atoms with van der Waals surface area (Å²) in [6, 6.07) is 15.6. The third kappa shape index (κ3) is 4.40. The lowest BCUT2D eigenvalue weighted by Crippen LogP contribution is -2.26. The molecule has 0 spiro atoms. The number of rotatable bonds is 5. The van der Waals surface area contributed by atoms with E-state index in [2.05, 4.69) is 20.4 Å². The zero-order valence-electron chi connectivity index (χ0n) is 16.7. The standard InChI is InChI=1S/C22H18FN5O3/c1-13-12-14(2)28-22(24-13)26-19(27-28)21(30)31-18(15-6-4-3-5-7-15)20(29)25-17-10-8-16(23)9-11-17/h3-12,18H,1-2H3,(H,25,29). The van der Waals surface area contributed by atoms with Gasteiger partial charge in [-0.15, -0.1) is 5.10 Å². The minimum absolute atomic E-state index is 0.211. The lowest BCUT2D eigenvalue weighted by molar-refractivity contribution is -0.125. The van der Waals surface area contributed by atoms with Gasteiger partial charge in [0.1, 0.15) is 5.82 Å². The maximum absolute atomic E-state index is 13.1. The fourth-order valence-corrected chi connectivity index (χ4v) is 3.05. The number of hydrogen-bond donors (Lipinski definition) is 1. The second-order valence-electron chi connectivity index (χ2n) is 6.88. The molecule has 2 aromatic carbocycles. The summed E-state index contributed by atoms with van der Waals surface area (Å²) in [7, 11) is 0. The molecule has 1 N–H and O–H groups in total. The lowest BCUT2D eigenvalue weighted by atomic mass is 10.1. The number of anilines is 1. The van der Waals surface area contributed by atoms with Gasteiger partial charge in [-0.05, 0) is 44.2 Å². The molecule has 0 aliphatic carbocycles. The number of carbonyl (C=O) groups is 2. The van der Waals surface area contributed by atoms with Crippen molar-refractivity contribution in [3.63, 3.8) is 0 Å². The number of amides is 1. The number of ether oxygens (including phenoxy) is 1. The van der Waals surface area contributed by atoms with Crippen molar-refractivity contribution in [2.45, 2.75) is 20.0 Å². The molecule has 0 aliphatic heterocycles. The Labute approximate surface area is 176 Å². The summed E-state index contributed by atoms with van der Waals surface area (Å²) in [6.07, 6.45) is -1.26. The molecule has 1 amide bonds. The first-order valence-corrected chi connectivity index (χ1v) is 9.44. The Morgan fingerprint density at radius 2 is 1.74 bits per heavy atom. The van der Waals surface area contributed by atoms with Crippen LogP contribution in [0.25, 0.3) is 5.78 Å². The van der Waals surface area contributed by atoms with E-state index in [1.54, 1.807) is 36.4 Å². The van der Waals surface area contributed by atoms with Gasteiger partial charge in [0.25, 0.3) is 17.5 Å².